The summed E-state index contributed by atoms with van der Waals surface area (Å²) in [5.74, 6) is -0.628. The lowest BCUT2D eigenvalue weighted by Crippen LogP contribution is -2.20. The van der Waals surface area contributed by atoms with E-state index in [1.165, 1.54) is 30.5 Å². The molecule has 0 saturated heterocycles. The van der Waals surface area contributed by atoms with Crippen molar-refractivity contribution in [1.82, 2.24) is 9.55 Å². The number of aromatic nitrogens is 2. The van der Waals surface area contributed by atoms with E-state index >= 15 is 0 Å². The minimum atomic E-state index is -4.46. The molecule has 31 heavy (non-hydrogen) atoms. The summed E-state index contributed by atoms with van der Waals surface area (Å²) in [6.07, 6.45) is -2.03. The maximum Gasteiger partial charge on any atom is 0.406 e. The van der Waals surface area contributed by atoms with Crippen LogP contribution < -0.4 is 5.32 Å². The van der Waals surface area contributed by atoms with Gasteiger partial charge in [-0.1, -0.05) is 42.1 Å². The van der Waals surface area contributed by atoms with E-state index in [2.05, 4.69) is 10.3 Å². The molecule has 6 nitrogen and oxygen atoms in total. The van der Waals surface area contributed by atoms with Crippen molar-refractivity contribution >= 4 is 33.2 Å². The molecular formula is C20H18F3N3O3S2. The predicted octanol–water partition coefficient (Wildman–Crippen LogP) is 4.25. The standard InChI is InChI=1S/C20H18F3N3O3S2/c1-31(28,29)16-9-7-15(8-10-16)25-18(27)12-30-19-24-11-17(14-5-3-2-4-6-14)26(19)13-20(21,22)23/h2-11H,12-13H2,1H3,(H,25,27). The molecule has 0 fully saturated rings. The molecule has 0 aliphatic heterocycles. The van der Waals surface area contributed by atoms with Crippen molar-refractivity contribution in [2.75, 3.05) is 17.3 Å². The van der Waals surface area contributed by atoms with Crippen molar-refractivity contribution in [3.63, 3.8) is 0 Å². The van der Waals surface area contributed by atoms with Gasteiger partial charge in [0.15, 0.2) is 15.0 Å². The number of alkyl halides is 3. The van der Waals surface area contributed by atoms with Crippen molar-refractivity contribution in [3.8, 4) is 11.3 Å². The Morgan fingerprint density at radius 2 is 1.74 bits per heavy atom. The Kier molecular flexibility index (Phi) is 6.75. The van der Waals surface area contributed by atoms with Crippen LogP contribution in [0.1, 0.15) is 0 Å². The average molecular weight is 470 g/mol. The Morgan fingerprint density at radius 3 is 2.32 bits per heavy atom. The number of carbonyl (C=O) groups excluding carboxylic acids is 1. The largest absolute Gasteiger partial charge is 0.406 e. The third-order valence-corrected chi connectivity index (χ3v) is 6.24. The van der Waals surface area contributed by atoms with Crippen LogP contribution in [0.2, 0.25) is 0 Å². The summed E-state index contributed by atoms with van der Waals surface area (Å²) in [6, 6.07) is 14.2. The maximum atomic E-state index is 13.1. The fourth-order valence-corrected chi connectivity index (χ4v) is 4.17. The molecule has 0 aliphatic rings. The summed E-state index contributed by atoms with van der Waals surface area (Å²) in [6.45, 7) is -1.23. The molecule has 0 bridgehead atoms. The van der Waals surface area contributed by atoms with E-state index in [0.29, 0.717) is 16.9 Å². The van der Waals surface area contributed by atoms with Gasteiger partial charge in [0.1, 0.15) is 6.54 Å². The molecule has 0 atom stereocenters. The molecule has 0 radical (unpaired) electrons. The number of benzene rings is 2. The van der Waals surface area contributed by atoms with Gasteiger partial charge in [0.25, 0.3) is 0 Å². The second-order valence-electron chi connectivity index (χ2n) is 6.63. The van der Waals surface area contributed by atoms with Crippen LogP contribution in [0, 0.1) is 0 Å². The van der Waals surface area contributed by atoms with Crippen molar-refractivity contribution < 1.29 is 26.4 Å². The van der Waals surface area contributed by atoms with Gasteiger partial charge in [0, 0.05) is 11.9 Å². The first-order valence-electron chi connectivity index (χ1n) is 8.93. The van der Waals surface area contributed by atoms with Gasteiger partial charge in [-0.25, -0.2) is 13.4 Å². The number of amides is 1. The number of nitrogens with one attached hydrogen (secondary N) is 1. The molecule has 164 valence electrons. The molecule has 0 saturated carbocycles. The highest BCUT2D eigenvalue weighted by atomic mass is 32.2. The van der Waals surface area contributed by atoms with Crippen molar-refractivity contribution in [2.45, 2.75) is 22.8 Å². The lowest BCUT2D eigenvalue weighted by Gasteiger charge is -2.14. The fraction of sp³-hybridized carbons (Fsp3) is 0.200. The van der Waals surface area contributed by atoms with Crippen LogP contribution in [0.4, 0.5) is 18.9 Å². The zero-order valence-corrected chi connectivity index (χ0v) is 17.9. The number of halogens is 3. The van der Waals surface area contributed by atoms with E-state index in [9.17, 15) is 26.4 Å². The van der Waals surface area contributed by atoms with E-state index in [1.54, 1.807) is 30.3 Å². The van der Waals surface area contributed by atoms with Gasteiger partial charge >= 0.3 is 6.18 Å². The number of nitrogens with zero attached hydrogens (tertiary/aromatic N) is 2. The minimum Gasteiger partial charge on any atom is -0.325 e. The topological polar surface area (TPSA) is 81.1 Å². The summed E-state index contributed by atoms with van der Waals surface area (Å²) >= 11 is 0.882. The highest BCUT2D eigenvalue weighted by Crippen LogP contribution is 2.30. The summed E-state index contributed by atoms with van der Waals surface area (Å²) in [5.41, 5.74) is 1.26. The van der Waals surface area contributed by atoms with Crippen LogP contribution in [0.25, 0.3) is 11.3 Å². The molecule has 1 amide bonds. The number of rotatable bonds is 7. The molecule has 2 aromatic carbocycles. The molecule has 0 unspecified atom stereocenters. The predicted molar refractivity (Wildman–Crippen MR) is 113 cm³/mol. The van der Waals surface area contributed by atoms with Crippen LogP contribution in [0.3, 0.4) is 0 Å². The Morgan fingerprint density at radius 1 is 1.10 bits per heavy atom. The van der Waals surface area contributed by atoms with Crippen LogP contribution >= 0.6 is 11.8 Å². The normalized spacial score (nSPS) is 12.0. The molecule has 11 heteroatoms. The van der Waals surface area contributed by atoms with Gasteiger partial charge in [-0.3, -0.25) is 4.79 Å². The van der Waals surface area contributed by atoms with Crippen LogP contribution in [-0.2, 0) is 21.2 Å². The number of sulfone groups is 1. The monoisotopic (exact) mass is 469 g/mol. The second-order valence-corrected chi connectivity index (χ2v) is 9.58. The van der Waals surface area contributed by atoms with Crippen molar-refractivity contribution in [1.29, 1.82) is 0 Å². The maximum absolute atomic E-state index is 13.1. The van der Waals surface area contributed by atoms with Gasteiger partial charge in [-0.05, 0) is 29.8 Å². The summed E-state index contributed by atoms with van der Waals surface area (Å²) in [5, 5.41) is 2.65. The number of hydrogen-bond acceptors (Lipinski definition) is 5. The fourth-order valence-electron chi connectivity index (χ4n) is 2.76. The van der Waals surface area contributed by atoms with Gasteiger partial charge in [0.05, 0.1) is 22.5 Å². The molecule has 0 spiro atoms. The van der Waals surface area contributed by atoms with Crippen LogP contribution in [0.5, 0.6) is 0 Å². The summed E-state index contributed by atoms with van der Waals surface area (Å²) < 4.78 is 63.4. The van der Waals surface area contributed by atoms with E-state index in [0.717, 1.165) is 22.6 Å². The Bertz CT molecular complexity index is 1160. The third kappa shape index (κ3) is 6.34. The Labute approximate surface area is 181 Å². The van der Waals surface area contributed by atoms with E-state index in [4.69, 9.17) is 0 Å². The van der Waals surface area contributed by atoms with Gasteiger partial charge in [0.2, 0.25) is 5.91 Å². The lowest BCUT2D eigenvalue weighted by atomic mass is 10.2. The SMILES string of the molecule is CS(=O)(=O)c1ccc(NC(=O)CSc2ncc(-c3ccccc3)n2CC(F)(F)F)cc1. The Hall–Kier alpha value is -2.79. The molecule has 3 aromatic rings. The van der Waals surface area contributed by atoms with Gasteiger partial charge < -0.3 is 9.88 Å². The lowest BCUT2D eigenvalue weighted by molar-refractivity contribution is -0.141. The first-order chi connectivity index (χ1) is 14.5. The average Bonchev–Trinajstić information content (AvgIpc) is 3.07. The number of thioether (sulfide) groups is 1. The van der Waals surface area contributed by atoms with Crippen LogP contribution in [0.15, 0.2) is 70.8 Å². The molecule has 1 heterocycles. The molecule has 1 N–H and O–H groups in total. The van der Waals surface area contributed by atoms with Gasteiger partial charge in [-0.2, -0.15) is 13.2 Å². The molecule has 3 rings (SSSR count). The number of anilines is 1. The highest BCUT2D eigenvalue weighted by molar-refractivity contribution is 7.99. The van der Waals surface area contributed by atoms with E-state index < -0.39 is 28.5 Å². The first-order valence-corrected chi connectivity index (χ1v) is 11.8. The molecule has 1 aromatic heterocycles. The van der Waals surface area contributed by atoms with Gasteiger partial charge in [-0.15, -0.1) is 0 Å². The Balaban J connectivity index is 1.72. The molecular weight excluding hydrogens is 451 g/mol. The van der Waals surface area contributed by atoms with Crippen LogP contribution in [-0.4, -0.2) is 42.1 Å². The summed E-state index contributed by atoms with van der Waals surface area (Å²) in [4.78, 5) is 16.4. The zero-order chi connectivity index (χ0) is 22.6. The number of imidazole rings is 1. The quantitative estimate of drug-likeness (QED) is 0.524. The molecule has 0 aliphatic carbocycles. The highest BCUT2D eigenvalue weighted by Gasteiger charge is 2.31. The summed E-state index contributed by atoms with van der Waals surface area (Å²) in [7, 11) is -3.35. The van der Waals surface area contributed by atoms with Crippen molar-refractivity contribution in [3.05, 3.63) is 60.8 Å². The number of hydrogen-bond donors (Lipinski definition) is 1. The number of carbonyl (C=O) groups is 1. The smallest absolute Gasteiger partial charge is 0.325 e. The van der Waals surface area contributed by atoms with E-state index in [1.807, 2.05) is 0 Å². The third-order valence-electron chi connectivity index (χ3n) is 4.12. The minimum absolute atomic E-state index is 0.0683. The van der Waals surface area contributed by atoms with E-state index in [-0.39, 0.29) is 15.8 Å². The first kappa shape index (κ1) is 22.9. The van der Waals surface area contributed by atoms with Crippen molar-refractivity contribution in [2.24, 2.45) is 0 Å². The zero-order valence-electron chi connectivity index (χ0n) is 16.3. The second kappa shape index (κ2) is 9.15.